The highest BCUT2D eigenvalue weighted by molar-refractivity contribution is 7.80. The molecule has 0 aliphatic rings. The lowest BCUT2D eigenvalue weighted by Gasteiger charge is -2.23. The van der Waals surface area contributed by atoms with E-state index in [1.54, 1.807) is 6.07 Å². The molecule has 2 amide bonds. The molecule has 4 nitrogen and oxygen atoms in total. The molecular weight excluding hydrogens is 255 g/mol. The fourth-order valence-corrected chi connectivity index (χ4v) is 1.72. The molecule has 1 atom stereocenters. The topological polar surface area (TPSA) is 49.4 Å². The number of halogens is 1. The number of hydrogen-bond donors (Lipinski definition) is 2. The van der Waals surface area contributed by atoms with Crippen molar-refractivity contribution in [2.24, 2.45) is 0 Å². The summed E-state index contributed by atoms with van der Waals surface area (Å²) in [5.41, 5.74) is 0.428. The van der Waals surface area contributed by atoms with E-state index in [4.69, 9.17) is 0 Å². The zero-order chi connectivity index (χ0) is 13.7. The van der Waals surface area contributed by atoms with Crippen molar-refractivity contribution in [2.75, 3.05) is 17.7 Å². The summed E-state index contributed by atoms with van der Waals surface area (Å²) < 4.78 is 13.1. The molecule has 1 rings (SSSR count). The first-order valence-corrected chi connectivity index (χ1v) is 6.00. The van der Waals surface area contributed by atoms with E-state index in [1.807, 2.05) is 0 Å². The van der Waals surface area contributed by atoms with Crippen molar-refractivity contribution in [3.05, 3.63) is 30.1 Å². The van der Waals surface area contributed by atoms with Gasteiger partial charge in [-0.2, -0.15) is 12.6 Å². The Bertz CT molecular complexity index is 453. The van der Waals surface area contributed by atoms with Gasteiger partial charge in [0.25, 0.3) is 0 Å². The highest BCUT2D eigenvalue weighted by atomic mass is 32.1. The Morgan fingerprint density at radius 1 is 1.50 bits per heavy atom. The van der Waals surface area contributed by atoms with Crippen LogP contribution in [0.3, 0.4) is 0 Å². The predicted molar refractivity (Wildman–Crippen MR) is 71.3 cm³/mol. The molecule has 98 valence electrons. The summed E-state index contributed by atoms with van der Waals surface area (Å²) in [5, 5.41) is 2.49. The molecule has 0 fully saturated rings. The van der Waals surface area contributed by atoms with Crippen molar-refractivity contribution in [3.63, 3.8) is 0 Å². The summed E-state index contributed by atoms with van der Waals surface area (Å²) in [7, 11) is 1.52. The molecule has 1 unspecified atom stereocenters. The van der Waals surface area contributed by atoms with Gasteiger partial charge in [0.15, 0.2) is 0 Å². The van der Waals surface area contributed by atoms with Crippen LogP contribution in [0, 0.1) is 5.82 Å². The number of benzene rings is 1. The summed E-state index contributed by atoms with van der Waals surface area (Å²) in [5.74, 6) is -0.895. The Balaban J connectivity index is 2.85. The van der Waals surface area contributed by atoms with Crippen molar-refractivity contribution in [3.8, 4) is 0 Å². The number of anilines is 1. The zero-order valence-corrected chi connectivity index (χ0v) is 11.1. The predicted octanol–water partition coefficient (Wildman–Crippen LogP) is 1.22. The first-order valence-electron chi connectivity index (χ1n) is 5.36. The van der Waals surface area contributed by atoms with Gasteiger partial charge in [0.2, 0.25) is 11.8 Å². The van der Waals surface area contributed by atoms with Gasteiger partial charge in [-0.25, -0.2) is 4.39 Å². The molecule has 0 aliphatic heterocycles. The van der Waals surface area contributed by atoms with Gasteiger partial charge in [0.05, 0.1) is 0 Å². The van der Waals surface area contributed by atoms with Crippen LogP contribution in [0.25, 0.3) is 0 Å². The normalized spacial score (nSPS) is 11.8. The van der Waals surface area contributed by atoms with Crippen LogP contribution in [0.5, 0.6) is 0 Å². The lowest BCUT2D eigenvalue weighted by molar-refractivity contribution is -0.125. The third-order valence-corrected chi connectivity index (χ3v) is 2.75. The van der Waals surface area contributed by atoms with Crippen LogP contribution in [0.4, 0.5) is 10.1 Å². The van der Waals surface area contributed by atoms with E-state index in [0.29, 0.717) is 5.69 Å². The maximum atomic E-state index is 13.1. The minimum absolute atomic E-state index is 0.179. The van der Waals surface area contributed by atoms with E-state index in [2.05, 4.69) is 17.9 Å². The maximum absolute atomic E-state index is 13.1. The van der Waals surface area contributed by atoms with E-state index < -0.39 is 11.9 Å². The smallest absolute Gasteiger partial charge is 0.250 e. The summed E-state index contributed by atoms with van der Waals surface area (Å²) in [6.07, 6.45) is 0. The lowest BCUT2D eigenvalue weighted by Crippen LogP contribution is -2.48. The number of carbonyl (C=O) groups is 2. The van der Waals surface area contributed by atoms with Crippen molar-refractivity contribution in [1.29, 1.82) is 0 Å². The minimum Gasteiger partial charge on any atom is -0.344 e. The van der Waals surface area contributed by atoms with Crippen LogP contribution < -0.4 is 10.2 Å². The van der Waals surface area contributed by atoms with E-state index in [-0.39, 0.29) is 17.6 Å². The number of rotatable bonds is 4. The summed E-state index contributed by atoms with van der Waals surface area (Å²) in [6.45, 7) is 1.33. The summed E-state index contributed by atoms with van der Waals surface area (Å²) in [4.78, 5) is 24.3. The standard InChI is InChI=1S/C12H15FN2O2S/c1-8(16)14-11(7-18)12(17)15(2)10-5-3-4-9(13)6-10/h3-6,11,18H,7H2,1-2H3,(H,14,16). The van der Waals surface area contributed by atoms with Crippen LogP contribution in [0.15, 0.2) is 24.3 Å². The van der Waals surface area contributed by atoms with Crippen molar-refractivity contribution >= 4 is 30.1 Å². The maximum Gasteiger partial charge on any atom is 0.250 e. The lowest BCUT2D eigenvalue weighted by atomic mass is 10.2. The quantitative estimate of drug-likeness (QED) is 0.808. The number of nitrogens with one attached hydrogen (secondary N) is 1. The molecule has 0 aliphatic carbocycles. The summed E-state index contributed by atoms with van der Waals surface area (Å²) >= 11 is 4.02. The van der Waals surface area contributed by atoms with Gasteiger partial charge in [-0.1, -0.05) is 6.07 Å². The molecule has 0 saturated heterocycles. The number of carbonyl (C=O) groups excluding carboxylic acids is 2. The molecule has 18 heavy (non-hydrogen) atoms. The second kappa shape index (κ2) is 6.39. The van der Waals surface area contributed by atoms with Crippen LogP contribution in [0.1, 0.15) is 6.92 Å². The number of nitrogens with zero attached hydrogens (tertiary/aromatic N) is 1. The van der Waals surface area contributed by atoms with Crippen LogP contribution in [-0.2, 0) is 9.59 Å². The van der Waals surface area contributed by atoms with Gasteiger partial charge in [-0.05, 0) is 18.2 Å². The Labute approximate surface area is 111 Å². The molecule has 6 heteroatoms. The van der Waals surface area contributed by atoms with E-state index >= 15 is 0 Å². The van der Waals surface area contributed by atoms with Gasteiger partial charge in [0.1, 0.15) is 11.9 Å². The van der Waals surface area contributed by atoms with Gasteiger partial charge in [0, 0.05) is 25.4 Å². The first kappa shape index (κ1) is 14.5. The van der Waals surface area contributed by atoms with Gasteiger partial charge >= 0.3 is 0 Å². The molecule has 0 aromatic heterocycles. The number of hydrogen-bond acceptors (Lipinski definition) is 3. The van der Waals surface area contributed by atoms with Gasteiger partial charge in [-0.15, -0.1) is 0 Å². The van der Waals surface area contributed by atoms with E-state index in [9.17, 15) is 14.0 Å². The van der Waals surface area contributed by atoms with Crippen molar-refractivity contribution < 1.29 is 14.0 Å². The average Bonchev–Trinajstić information content (AvgIpc) is 2.34. The number of thiol groups is 1. The molecule has 0 bridgehead atoms. The minimum atomic E-state index is -0.723. The SMILES string of the molecule is CC(=O)NC(CS)C(=O)N(C)c1cccc(F)c1. The highest BCUT2D eigenvalue weighted by Crippen LogP contribution is 2.15. The van der Waals surface area contributed by atoms with Gasteiger partial charge < -0.3 is 10.2 Å². The Morgan fingerprint density at radius 2 is 2.17 bits per heavy atom. The first-order chi connectivity index (χ1) is 8.45. The average molecular weight is 270 g/mol. The molecule has 1 aromatic carbocycles. The van der Waals surface area contributed by atoms with E-state index in [1.165, 1.54) is 37.1 Å². The Hall–Kier alpha value is -1.56. The molecular formula is C12H15FN2O2S. The molecule has 0 saturated carbocycles. The monoisotopic (exact) mass is 270 g/mol. The largest absolute Gasteiger partial charge is 0.344 e. The molecule has 0 heterocycles. The molecule has 0 radical (unpaired) electrons. The second-order valence-corrected chi connectivity index (χ2v) is 4.18. The fourth-order valence-electron chi connectivity index (χ4n) is 1.48. The number of amides is 2. The fraction of sp³-hybridized carbons (Fsp3) is 0.333. The zero-order valence-electron chi connectivity index (χ0n) is 10.2. The van der Waals surface area contributed by atoms with Gasteiger partial charge in [-0.3, -0.25) is 9.59 Å². The van der Waals surface area contributed by atoms with E-state index in [0.717, 1.165) is 0 Å². The van der Waals surface area contributed by atoms with Crippen LogP contribution in [0.2, 0.25) is 0 Å². The third kappa shape index (κ3) is 3.73. The van der Waals surface area contributed by atoms with Crippen LogP contribution >= 0.6 is 12.6 Å². The Kier molecular flexibility index (Phi) is 5.15. The van der Waals surface area contributed by atoms with Crippen molar-refractivity contribution in [2.45, 2.75) is 13.0 Å². The van der Waals surface area contributed by atoms with Crippen molar-refractivity contribution in [1.82, 2.24) is 5.32 Å². The highest BCUT2D eigenvalue weighted by Gasteiger charge is 2.22. The molecule has 1 N–H and O–H groups in total. The third-order valence-electron chi connectivity index (χ3n) is 2.38. The molecule has 0 spiro atoms. The summed E-state index contributed by atoms with van der Waals surface area (Å²) in [6, 6.07) is 4.96. The Morgan fingerprint density at radius 3 is 2.67 bits per heavy atom. The van der Waals surface area contributed by atoms with Crippen LogP contribution in [-0.4, -0.2) is 30.7 Å². The number of likely N-dealkylation sites (N-methyl/N-ethyl adjacent to an activating group) is 1. The molecule has 1 aromatic rings. The second-order valence-electron chi connectivity index (χ2n) is 3.81.